The van der Waals surface area contributed by atoms with Crippen LogP contribution < -0.4 is 5.32 Å². The maximum absolute atomic E-state index is 3.64. The summed E-state index contributed by atoms with van der Waals surface area (Å²) >= 11 is 0. The van der Waals surface area contributed by atoms with Crippen LogP contribution >= 0.6 is 0 Å². The van der Waals surface area contributed by atoms with Crippen LogP contribution in [-0.2, 0) is 0 Å². The summed E-state index contributed by atoms with van der Waals surface area (Å²) in [6, 6.07) is 0.802. The second-order valence-electron chi connectivity index (χ2n) is 7.05. The number of nitrogens with one attached hydrogen (secondary N) is 1. The van der Waals surface area contributed by atoms with Crippen molar-refractivity contribution in [2.45, 2.75) is 77.7 Å². The normalized spacial score (nSPS) is 30.6. The van der Waals surface area contributed by atoms with E-state index < -0.39 is 0 Å². The summed E-state index contributed by atoms with van der Waals surface area (Å²) in [5, 5.41) is 3.64. The standard InChI is InChI=1S/C17H34N2/c1-3-4-5-6-9-16(2)19-13-8-11-17(15-19)10-7-12-18-14-17/h16,18H,3-15H2,1-2H3. The van der Waals surface area contributed by atoms with Gasteiger partial charge >= 0.3 is 0 Å². The molecule has 2 unspecified atom stereocenters. The van der Waals surface area contributed by atoms with Crippen LogP contribution in [0.25, 0.3) is 0 Å². The number of hydrogen-bond acceptors (Lipinski definition) is 2. The molecule has 112 valence electrons. The second-order valence-corrected chi connectivity index (χ2v) is 7.05. The molecule has 0 aromatic heterocycles. The summed E-state index contributed by atoms with van der Waals surface area (Å²) in [7, 11) is 0. The van der Waals surface area contributed by atoms with Crippen molar-refractivity contribution < 1.29 is 0 Å². The van der Waals surface area contributed by atoms with E-state index in [9.17, 15) is 0 Å². The first-order chi connectivity index (χ1) is 9.26. The van der Waals surface area contributed by atoms with Gasteiger partial charge in [-0.15, -0.1) is 0 Å². The fourth-order valence-electron chi connectivity index (χ4n) is 4.05. The zero-order valence-electron chi connectivity index (χ0n) is 13.2. The van der Waals surface area contributed by atoms with Gasteiger partial charge in [-0.25, -0.2) is 0 Å². The zero-order valence-corrected chi connectivity index (χ0v) is 13.2. The van der Waals surface area contributed by atoms with E-state index in [1.54, 1.807) is 0 Å². The van der Waals surface area contributed by atoms with Crippen molar-refractivity contribution in [3.05, 3.63) is 0 Å². The molecule has 0 aromatic rings. The number of hydrogen-bond donors (Lipinski definition) is 1. The second kappa shape index (κ2) is 7.64. The van der Waals surface area contributed by atoms with Gasteiger partial charge in [-0.2, -0.15) is 0 Å². The average molecular weight is 266 g/mol. The molecule has 2 rings (SSSR count). The van der Waals surface area contributed by atoms with Crippen molar-refractivity contribution in [2.75, 3.05) is 26.2 Å². The van der Waals surface area contributed by atoms with E-state index in [2.05, 4.69) is 24.1 Å². The molecule has 0 amide bonds. The van der Waals surface area contributed by atoms with Crippen LogP contribution in [-0.4, -0.2) is 37.1 Å². The monoisotopic (exact) mass is 266 g/mol. The highest BCUT2D eigenvalue weighted by Crippen LogP contribution is 2.36. The zero-order chi connectivity index (χ0) is 13.6. The summed E-state index contributed by atoms with van der Waals surface area (Å²) in [4.78, 5) is 2.79. The largest absolute Gasteiger partial charge is 0.316 e. The van der Waals surface area contributed by atoms with Crippen molar-refractivity contribution in [1.82, 2.24) is 10.2 Å². The summed E-state index contributed by atoms with van der Waals surface area (Å²) < 4.78 is 0. The van der Waals surface area contributed by atoms with Gasteiger partial charge in [-0.05, 0) is 57.5 Å². The first-order valence-corrected chi connectivity index (χ1v) is 8.70. The van der Waals surface area contributed by atoms with E-state index in [0.29, 0.717) is 5.41 Å². The predicted octanol–water partition coefficient (Wildman–Crippen LogP) is 3.81. The van der Waals surface area contributed by atoms with Gasteiger partial charge < -0.3 is 10.2 Å². The highest BCUT2D eigenvalue weighted by atomic mass is 15.2. The summed E-state index contributed by atoms with van der Waals surface area (Å²) in [5.74, 6) is 0. The maximum Gasteiger partial charge on any atom is 0.00671 e. The Morgan fingerprint density at radius 3 is 2.74 bits per heavy atom. The molecule has 2 fully saturated rings. The molecule has 2 heteroatoms. The first kappa shape index (κ1) is 15.3. The molecule has 1 N–H and O–H groups in total. The van der Waals surface area contributed by atoms with Gasteiger partial charge in [0.15, 0.2) is 0 Å². The number of rotatable bonds is 6. The van der Waals surface area contributed by atoms with Crippen LogP contribution in [0.3, 0.4) is 0 Å². The lowest BCUT2D eigenvalue weighted by atomic mass is 9.74. The van der Waals surface area contributed by atoms with Gasteiger partial charge in [-0.3, -0.25) is 0 Å². The lowest BCUT2D eigenvalue weighted by molar-refractivity contribution is 0.0391. The molecule has 2 saturated heterocycles. The van der Waals surface area contributed by atoms with Crippen molar-refractivity contribution in [2.24, 2.45) is 5.41 Å². The third-order valence-electron chi connectivity index (χ3n) is 5.35. The van der Waals surface area contributed by atoms with Crippen LogP contribution in [0.1, 0.15) is 71.6 Å². The van der Waals surface area contributed by atoms with Gasteiger partial charge in [0.2, 0.25) is 0 Å². The van der Waals surface area contributed by atoms with Crippen molar-refractivity contribution in [3.63, 3.8) is 0 Å². The first-order valence-electron chi connectivity index (χ1n) is 8.70. The van der Waals surface area contributed by atoms with Crippen molar-refractivity contribution in [1.29, 1.82) is 0 Å². The minimum atomic E-state index is 0.619. The van der Waals surface area contributed by atoms with Gasteiger partial charge in [0, 0.05) is 19.1 Å². The third kappa shape index (κ3) is 4.46. The van der Waals surface area contributed by atoms with E-state index >= 15 is 0 Å². The minimum Gasteiger partial charge on any atom is -0.316 e. The molecule has 2 aliphatic rings. The predicted molar refractivity (Wildman–Crippen MR) is 83.6 cm³/mol. The van der Waals surface area contributed by atoms with Gasteiger partial charge in [0.05, 0.1) is 0 Å². The fraction of sp³-hybridized carbons (Fsp3) is 1.00. The molecule has 2 nitrogen and oxygen atoms in total. The van der Waals surface area contributed by atoms with Crippen LogP contribution in [0.2, 0.25) is 0 Å². The summed E-state index contributed by atoms with van der Waals surface area (Å²) in [6.45, 7) is 9.97. The van der Waals surface area contributed by atoms with E-state index in [1.807, 2.05) is 0 Å². The molecular formula is C17H34N2. The number of likely N-dealkylation sites (tertiary alicyclic amines) is 1. The molecule has 2 aliphatic heterocycles. The number of piperidine rings is 2. The SMILES string of the molecule is CCCCCCC(C)N1CCCC2(CCCNC2)C1. The van der Waals surface area contributed by atoms with Crippen LogP contribution in [0.15, 0.2) is 0 Å². The van der Waals surface area contributed by atoms with E-state index in [-0.39, 0.29) is 0 Å². The Labute approximate surface area is 120 Å². The molecule has 0 saturated carbocycles. The molecular weight excluding hydrogens is 232 g/mol. The molecule has 2 heterocycles. The number of nitrogens with zero attached hydrogens (tertiary/aromatic N) is 1. The highest BCUT2D eigenvalue weighted by molar-refractivity contribution is 4.92. The number of unbranched alkanes of at least 4 members (excludes halogenated alkanes) is 3. The fourth-order valence-corrected chi connectivity index (χ4v) is 4.05. The molecule has 1 spiro atoms. The van der Waals surface area contributed by atoms with Crippen LogP contribution in [0, 0.1) is 5.41 Å². The topological polar surface area (TPSA) is 15.3 Å². The van der Waals surface area contributed by atoms with Crippen molar-refractivity contribution in [3.8, 4) is 0 Å². The maximum atomic E-state index is 3.64. The smallest absolute Gasteiger partial charge is 0.00671 e. The highest BCUT2D eigenvalue weighted by Gasteiger charge is 2.37. The Morgan fingerprint density at radius 1 is 1.16 bits per heavy atom. The minimum absolute atomic E-state index is 0.619. The molecule has 0 radical (unpaired) electrons. The quantitative estimate of drug-likeness (QED) is 0.735. The summed E-state index contributed by atoms with van der Waals surface area (Å²) in [6.07, 6.45) is 12.8. The third-order valence-corrected chi connectivity index (χ3v) is 5.35. The van der Waals surface area contributed by atoms with Crippen molar-refractivity contribution >= 4 is 0 Å². The van der Waals surface area contributed by atoms with E-state index in [4.69, 9.17) is 0 Å². The Bertz CT molecular complexity index is 240. The lowest BCUT2D eigenvalue weighted by Gasteiger charge is -2.47. The molecule has 0 bridgehead atoms. The average Bonchev–Trinajstić information content (AvgIpc) is 2.44. The molecule has 19 heavy (non-hydrogen) atoms. The van der Waals surface area contributed by atoms with E-state index in [1.165, 1.54) is 84.0 Å². The van der Waals surface area contributed by atoms with E-state index in [0.717, 1.165) is 6.04 Å². The van der Waals surface area contributed by atoms with Crippen LogP contribution in [0.5, 0.6) is 0 Å². The Balaban J connectivity index is 1.76. The molecule has 0 aliphatic carbocycles. The van der Waals surface area contributed by atoms with Crippen LogP contribution in [0.4, 0.5) is 0 Å². The van der Waals surface area contributed by atoms with Gasteiger partial charge in [0.25, 0.3) is 0 Å². The molecule has 2 atom stereocenters. The Morgan fingerprint density at radius 2 is 2.00 bits per heavy atom. The lowest BCUT2D eigenvalue weighted by Crippen LogP contribution is -2.53. The molecule has 0 aromatic carbocycles. The van der Waals surface area contributed by atoms with Gasteiger partial charge in [-0.1, -0.05) is 32.6 Å². The Hall–Kier alpha value is -0.0800. The Kier molecular flexibility index (Phi) is 6.15. The van der Waals surface area contributed by atoms with Gasteiger partial charge in [0.1, 0.15) is 0 Å². The summed E-state index contributed by atoms with van der Waals surface area (Å²) in [5.41, 5.74) is 0.619.